The molecule has 0 fully saturated rings. The molecule has 3 nitrogen and oxygen atoms in total. The van der Waals surface area contributed by atoms with Gasteiger partial charge in [-0.3, -0.25) is 4.79 Å². The Morgan fingerprint density at radius 2 is 2.06 bits per heavy atom. The SMILES string of the molecule is Cc1ccn(C(=O)c2ccc(Cl)cc2Cl)n1. The summed E-state index contributed by atoms with van der Waals surface area (Å²) in [5.74, 6) is -0.269. The Morgan fingerprint density at radius 3 is 2.62 bits per heavy atom. The summed E-state index contributed by atoms with van der Waals surface area (Å²) in [7, 11) is 0. The normalized spacial score (nSPS) is 10.4. The van der Waals surface area contributed by atoms with E-state index in [1.54, 1.807) is 24.4 Å². The Hall–Kier alpha value is -1.32. The Labute approximate surface area is 103 Å². The molecule has 0 aliphatic carbocycles. The van der Waals surface area contributed by atoms with Gasteiger partial charge in [-0.1, -0.05) is 23.2 Å². The summed E-state index contributed by atoms with van der Waals surface area (Å²) in [5.41, 5.74) is 1.16. The third-order valence-electron chi connectivity index (χ3n) is 2.09. The van der Waals surface area contributed by atoms with E-state index in [1.165, 1.54) is 10.7 Å². The highest BCUT2D eigenvalue weighted by Gasteiger charge is 2.13. The minimum absolute atomic E-state index is 0.269. The molecule has 2 aromatic rings. The quantitative estimate of drug-likeness (QED) is 0.784. The number of carbonyl (C=O) groups excluding carboxylic acids is 1. The summed E-state index contributed by atoms with van der Waals surface area (Å²) in [6.07, 6.45) is 1.60. The molecule has 0 saturated heterocycles. The van der Waals surface area contributed by atoms with Gasteiger partial charge in [0.1, 0.15) is 0 Å². The number of aromatic nitrogens is 2. The molecule has 0 atom stereocenters. The molecule has 82 valence electrons. The molecule has 0 aliphatic rings. The highest BCUT2D eigenvalue weighted by molar-refractivity contribution is 6.36. The number of rotatable bonds is 1. The third-order valence-corrected chi connectivity index (χ3v) is 2.64. The molecule has 0 amide bonds. The monoisotopic (exact) mass is 254 g/mol. The summed E-state index contributed by atoms with van der Waals surface area (Å²) in [6.45, 7) is 1.81. The maximum Gasteiger partial charge on any atom is 0.279 e. The number of hydrogen-bond acceptors (Lipinski definition) is 2. The first kappa shape index (κ1) is 11.2. The van der Waals surface area contributed by atoms with E-state index in [0.717, 1.165) is 5.69 Å². The lowest BCUT2D eigenvalue weighted by Crippen LogP contribution is -2.13. The maximum absolute atomic E-state index is 12.0. The van der Waals surface area contributed by atoms with E-state index in [-0.39, 0.29) is 5.91 Å². The first-order valence-corrected chi connectivity index (χ1v) is 5.35. The fraction of sp³-hybridized carbons (Fsp3) is 0.0909. The van der Waals surface area contributed by atoms with Crippen LogP contribution in [0.25, 0.3) is 0 Å². The van der Waals surface area contributed by atoms with Crippen LogP contribution in [-0.2, 0) is 0 Å². The van der Waals surface area contributed by atoms with Crippen LogP contribution in [0.5, 0.6) is 0 Å². The van der Waals surface area contributed by atoms with Gasteiger partial charge in [0.2, 0.25) is 0 Å². The lowest BCUT2D eigenvalue weighted by Gasteiger charge is -2.03. The van der Waals surface area contributed by atoms with Crippen molar-refractivity contribution in [2.24, 2.45) is 0 Å². The van der Waals surface area contributed by atoms with Crippen molar-refractivity contribution in [1.29, 1.82) is 0 Å². The molecule has 1 aromatic heterocycles. The average Bonchev–Trinajstić information content (AvgIpc) is 2.64. The highest BCUT2D eigenvalue weighted by atomic mass is 35.5. The van der Waals surface area contributed by atoms with Crippen LogP contribution >= 0.6 is 23.2 Å². The van der Waals surface area contributed by atoms with Crippen LogP contribution in [0, 0.1) is 6.92 Å². The molecule has 0 radical (unpaired) electrons. The third kappa shape index (κ3) is 2.10. The second kappa shape index (κ2) is 4.28. The van der Waals surface area contributed by atoms with Gasteiger partial charge in [0.25, 0.3) is 5.91 Å². The predicted molar refractivity (Wildman–Crippen MR) is 63.2 cm³/mol. The van der Waals surface area contributed by atoms with Crippen LogP contribution < -0.4 is 0 Å². The molecule has 0 aliphatic heterocycles. The number of aryl methyl sites for hydroxylation is 1. The highest BCUT2D eigenvalue weighted by Crippen LogP contribution is 2.21. The molecular formula is C11H8Cl2N2O. The van der Waals surface area contributed by atoms with E-state index in [2.05, 4.69) is 5.10 Å². The van der Waals surface area contributed by atoms with Crippen LogP contribution in [0.15, 0.2) is 30.5 Å². The standard InChI is InChI=1S/C11H8Cl2N2O/c1-7-4-5-15(14-7)11(16)9-3-2-8(12)6-10(9)13/h2-6H,1H3. The molecular weight excluding hydrogens is 247 g/mol. The van der Waals surface area contributed by atoms with E-state index in [1.807, 2.05) is 6.92 Å². The Kier molecular flexibility index (Phi) is 2.99. The van der Waals surface area contributed by atoms with Gasteiger partial charge >= 0.3 is 0 Å². The van der Waals surface area contributed by atoms with Crippen LogP contribution in [0.2, 0.25) is 10.0 Å². The maximum atomic E-state index is 12.0. The smallest absolute Gasteiger partial charge is 0.267 e. The Morgan fingerprint density at radius 1 is 1.31 bits per heavy atom. The molecule has 0 unspecified atom stereocenters. The van der Waals surface area contributed by atoms with Gasteiger partial charge in [0.15, 0.2) is 0 Å². The van der Waals surface area contributed by atoms with Crippen molar-refractivity contribution >= 4 is 29.1 Å². The fourth-order valence-electron chi connectivity index (χ4n) is 1.31. The van der Waals surface area contributed by atoms with E-state index in [0.29, 0.717) is 15.6 Å². The number of halogens is 2. The van der Waals surface area contributed by atoms with E-state index in [4.69, 9.17) is 23.2 Å². The molecule has 2 rings (SSSR count). The van der Waals surface area contributed by atoms with Gasteiger partial charge in [-0.05, 0) is 31.2 Å². The van der Waals surface area contributed by atoms with Gasteiger partial charge in [0, 0.05) is 11.2 Å². The van der Waals surface area contributed by atoms with Crippen molar-refractivity contribution in [1.82, 2.24) is 9.78 Å². The van der Waals surface area contributed by atoms with E-state index in [9.17, 15) is 4.79 Å². The van der Waals surface area contributed by atoms with Crippen molar-refractivity contribution in [3.05, 3.63) is 51.8 Å². The van der Waals surface area contributed by atoms with Crippen molar-refractivity contribution in [2.75, 3.05) is 0 Å². The summed E-state index contributed by atoms with van der Waals surface area (Å²) in [5, 5.41) is 4.85. The van der Waals surface area contributed by atoms with Gasteiger partial charge in [0.05, 0.1) is 16.3 Å². The minimum Gasteiger partial charge on any atom is -0.267 e. The Balaban J connectivity index is 2.41. The average molecular weight is 255 g/mol. The molecule has 1 heterocycles. The first-order valence-electron chi connectivity index (χ1n) is 4.60. The van der Waals surface area contributed by atoms with Crippen LogP contribution in [-0.4, -0.2) is 15.7 Å². The topological polar surface area (TPSA) is 34.9 Å². The van der Waals surface area contributed by atoms with E-state index < -0.39 is 0 Å². The van der Waals surface area contributed by atoms with Gasteiger partial charge in [-0.2, -0.15) is 5.10 Å². The second-order valence-electron chi connectivity index (χ2n) is 3.33. The van der Waals surface area contributed by atoms with Gasteiger partial charge in [-0.25, -0.2) is 4.68 Å². The van der Waals surface area contributed by atoms with Crippen LogP contribution in [0.1, 0.15) is 16.1 Å². The summed E-state index contributed by atoms with van der Waals surface area (Å²) >= 11 is 11.7. The summed E-state index contributed by atoms with van der Waals surface area (Å²) in [6, 6.07) is 6.50. The molecule has 1 aromatic carbocycles. The van der Waals surface area contributed by atoms with Crippen molar-refractivity contribution in [3.8, 4) is 0 Å². The predicted octanol–water partition coefficient (Wildman–Crippen LogP) is 3.19. The van der Waals surface area contributed by atoms with Gasteiger partial charge in [-0.15, -0.1) is 0 Å². The number of hydrogen-bond donors (Lipinski definition) is 0. The largest absolute Gasteiger partial charge is 0.279 e. The minimum atomic E-state index is -0.269. The zero-order valence-electron chi connectivity index (χ0n) is 8.45. The summed E-state index contributed by atoms with van der Waals surface area (Å²) in [4.78, 5) is 12.0. The zero-order valence-corrected chi connectivity index (χ0v) is 9.96. The molecule has 0 N–H and O–H groups in total. The lowest BCUT2D eigenvalue weighted by molar-refractivity contribution is 0.0945. The molecule has 0 saturated carbocycles. The lowest BCUT2D eigenvalue weighted by atomic mass is 10.2. The zero-order chi connectivity index (χ0) is 11.7. The van der Waals surface area contributed by atoms with Crippen LogP contribution in [0.3, 0.4) is 0 Å². The fourth-order valence-corrected chi connectivity index (χ4v) is 1.80. The first-order chi connectivity index (χ1) is 7.58. The van der Waals surface area contributed by atoms with Crippen molar-refractivity contribution in [3.63, 3.8) is 0 Å². The Bertz CT molecular complexity index is 549. The number of nitrogens with zero attached hydrogens (tertiary/aromatic N) is 2. The van der Waals surface area contributed by atoms with E-state index >= 15 is 0 Å². The molecule has 0 bridgehead atoms. The number of carbonyl (C=O) groups is 1. The van der Waals surface area contributed by atoms with Crippen molar-refractivity contribution in [2.45, 2.75) is 6.92 Å². The second-order valence-corrected chi connectivity index (χ2v) is 4.17. The van der Waals surface area contributed by atoms with Gasteiger partial charge < -0.3 is 0 Å². The van der Waals surface area contributed by atoms with Crippen LogP contribution in [0.4, 0.5) is 0 Å². The molecule has 16 heavy (non-hydrogen) atoms. The van der Waals surface area contributed by atoms with Crippen molar-refractivity contribution < 1.29 is 4.79 Å². The molecule has 5 heteroatoms. The summed E-state index contributed by atoms with van der Waals surface area (Å²) < 4.78 is 1.25. The molecule has 0 spiro atoms. The number of benzene rings is 1.